The van der Waals surface area contributed by atoms with Crippen LogP contribution in [0.5, 0.6) is 0 Å². The molecule has 3 amide bonds. The molecule has 0 aliphatic carbocycles. The minimum absolute atomic E-state index is 0.00463. The van der Waals surface area contributed by atoms with Gasteiger partial charge in [0.15, 0.2) is 0 Å². The number of halogens is 1. The van der Waals surface area contributed by atoms with Crippen molar-refractivity contribution in [1.82, 2.24) is 10.2 Å². The fourth-order valence-corrected chi connectivity index (χ4v) is 5.49. The fourth-order valence-electron chi connectivity index (χ4n) is 5.30. The summed E-state index contributed by atoms with van der Waals surface area (Å²) in [6, 6.07) is 13.4. The summed E-state index contributed by atoms with van der Waals surface area (Å²) >= 11 is 6.25. The smallest absolute Gasteiger partial charge is 0.303 e. The molecule has 3 N–H and O–H groups in total. The van der Waals surface area contributed by atoms with Gasteiger partial charge in [-0.25, -0.2) is 0 Å². The number of nitrogens with zero attached hydrogens (tertiary/aromatic N) is 1. The zero-order valence-corrected chi connectivity index (χ0v) is 17.6. The Morgan fingerprint density at radius 3 is 2.53 bits per heavy atom. The summed E-state index contributed by atoms with van der Waals surface area (Å²) in [5.74, 6) is -4.12. The number of rotatable bonds is 5. The summed E-state index contributed by atoms with van der Waals surface area (Å²) in [5, 5.41) is 15.7. The van der Waals surface area contributed by atoms with Crippen molar-refractivity contribution in [2.75, 3.05) is 5.32 Å². The Morgan fingerprint density at radius 2 is 1.78 bits per heavy atom. The Balaban J connectivity index is 1.58. The van der Waals surface area contributed by atoms with Crippen LogP contribution in [0.2, 0.25) is 5.02 Å². The molecule has 0 bridgehead atoms. The second kappa shape index (κ2) is 7.43. The highest BCUT2D eigenvalue weighted by molar-refractivity contribution is 6.31. The van der Waals surface area contributed by atoms with Gasteiger partial charge in [-0.1, -0.05) is 48.0 Å². The Hall–Kier alpha value is -3.23. The highest BCUT2D eigenvalue weighted by Crippen LogP contribution is 2.53. The van der Waals surface area contributed by atoms with Gasteiger partial charge in [-0.3, -0.25) is 29.4 Å². The van der Waals surface area contributed by atoms with Crippen molar-refractivity contribution in [2.45, 2.75) is 31.0 Å². The van der Waals surface area contributed by atoms with Gasteiger partial charge >= 0.3 is 5.97 Å². The van der Waals surface area contributed by atoms with Crippen LogP contribution in [0.25, 0.3) is 0 Å². The van der Waals surface area contributed by atoms with Crippen LogP contribution in [0.1, 0.15) is 24.0 Å². The van der Waals surface area contributed by atoms with Gasteiger partial charge in [0.2, 0.25) is 17.7 Å². The van der Waals surface area contributed by atoms with Gasteiger partial charge in [0.25, 0.3) is 0 Å². The summed E-state index contributed by atoms with van der Waals surface area (Å²) in [7, 11) is 0. The largest absolute Gasteiger partial charge is 0.481 e. The molecular formula is C23H20ClN3O5. The first kappa shape index (κ1) is 20.7. The van der Waals surface area contributed by atoms with Crippen LogP contribution in [0.4, 0.5) is 5.69 Å². The number of benzene rings is 2. The minimum Gasteiger partial charge on any atom is -0.481 e. The number of amides is 3. The molecule has 2 aromatic carbocycles. The van der Waals surface area contributed by atoms with Crippen LogP contribution in [-0.2, 0) is 31.3 Å². The zero-order chi connectivity index (χ0) is 22.6. The van der Waals surface area contributed by atoms with Crippen molar-refractivity contribution in [1.29, 1.82) is 0 Å². The lowest BCUT2D eigenvalue weighted by molar-refractivity contribution is -0.144. The summed E-state index contributed by atoms with van der Waals surface area (Å²) in [4.78, 5) is 52.8. The van der Waals surface area contributed by atoms with Gasteiger partial charge in [-0.15, -0.1) is 0 Å². The Bertz CT molecular complexity index is 1170. The first-order chi connectivity index (χ1) is 15.3. The molecule has 3 aliphatic rings. The third-order valence-corrected chi connectivity index (χ3v) is 7.04. The number of hydrogen-bond acceptors (Lipinski definition) is 5. The number of aliphatic carboxylic acids is 1. The molecule has 0 radical (unpaired) electrons. The number of carboxylic acids is 1. The fraction of sp³-hybridized carbons (Fsp3) is 0.304. The lowest BCUT2D eigenvalue weighted by atomic mass is 9.76. The number of fused-ring (bicyclic) bond motifs is 4. The number of imide groups is 1. The van der Waals surface area contributed by atoms with Crippen molar-refractivity contribution in [3.8, 4) is 0 Å². The number of hydrogen-bond donors (Lipinski definition) is 3. The normalized spacial score (nSPS) is 28.2. The van der Waals surface area contributed by atoms with Crippen LogP contribution >= 0.6 is 11.6 Å². The number of carbonyl (C=O) groups excluding carboxylic acids is 3. The molecule has 0 aromatic heterocycles. The van der Waals surface area contributed by atoms with Gasteiger partial charge in [-0.2, -0.15) is 0 Å². The Kier molecular flexibility index (Phi) is 4.79. The maximum Gasteiger partial charge on any atom is 0.303 e. The van der Waals surface area contributed by atoms with E-state index in [1.165, 1.54) is 0 Å². The van der Waals surface area contributed by atoms with Crippen molar-refractivity contribution < 1.29 is 24.3 Å². The van der Waals surface area contributed by atoms with Crippen LogP contribution < -0.4 is 10.6 Å². The maximum atomic E-state index is 13.6. The van der Waals surface area contributed by atoms with E-state index in [1.807, 2.05) is 0 Å². The molecule has 9 heteroatoms. The van der Waals surface area contributed by atoms with E-state index in [0.29, 0.717) is 21.8 Å². The third-order valence-electron chi connectivity index (χ3n) is 6.67. The van der Waals surface area contributed by atoms with Crippen molar-refractivity contribution in [3.05, 3.63) is 64.7 Å². The molecule has 8 nitrogen and oxygen atoms in total. The maximum absolute atomic E-state index is 13.6. The van der Waals surface area contributed by atoms with Crippen LogP contribution in [-0.4, -0.2) is 39.7 Å². The molecule has 3 heterocycles. The lowest BCUT2D eigenvalue weighted by Crippen LogP contribution is -2.53. The van der Waals surface area contributed by atoms with Gasteiger partial charge in [0, 0.05) is 28.7 Å². The summed E-state index contributed by atoms with van der Waals surface area (Å²) in [6.07, 6.45) is -0.0706. The Morgan fingerprint density at radius 1 is 1.06 bits per heavy atom. The average Bonchev–Trinajstić information content (AvgIpc) is 3.34. The van der Waals surface area contributed by atoms with Crippen LogP contribution in [0.15, 0.2) is 48.5 Å². The van der Waals surface area contributed by atoms with Gasteiger partial charge < -0.3 is 10.4 Å². The average molecular weight is 454 g/mol. The number of nitrogens with one attached hydrogen (secondary N) is 2. The van der Waals surface area contributed by atoms with E-state index < -0.39 is 47.1 Å². The summed E-state index contributed by atoms with van der Waals surface area (Å²) < 4.78 is 0. The predicted octanol–water partition coefficient (Wildman–Crippen LogP) is 2.13. The molecular weight excluding hydrogens is 434 g/mol. The molecule has 4 atom stereocenters. The molecule has 5 rings (SSSR count). The highest BCUT2D eigenvalue weighted by Gasteiger charge is 2.70. The molecule has 2 fully saturated rings. The number of likely N-dealkylation sites (tertiary alicyclic amines) is 1. The third kappa shape index (κ3) is 2.87. The van der Waals surface area contributed by atoms with E-state index in [2.05, 4.69) is 10.6 Å². The zero-order valence-electron chi connectivity index (χ0n) is 16.9. The molecule has 2 aromatic rings. The second-order valence-corrected chi connectivity index (χ2v) is 8.76. The van der Waals surface area contributed by atoms with E-state index in [-0.39, 0.29) is 19.4 Å². The monoisotopic (exact) mass is 453 g/mol. The molecule has 1 spiro atoms. The molecule has 0 saturated carbocycles. The van der Waals surface area contributed by atoms with Crippen LogP contribution in [0, 0.1) is 11.8 Å². The predicted molar refractivity (Wildman–Crippen MR) is 115 cm³/mol. The van der Waals surface area contributed by atoms with E-state index in [9.17, 15) is 24.3 Å². The standard InChI is InChI=1S/C23H20ClN3O5/c24-14-7-3-1-5-12(14)11-27-20(30)18-16(9-10-17(28)29)26-23(19(18)21(27)31)13-6-2-4-8-15(13)25-22(23)32/h1-8,16,18-19,26H,9-11H2,(H,25,32)(H,28,29)/t16-,18-,19+,23+/m1/s1. The highest BCUT2D eigenvalue weighted by atomic mass is 35.5. The first-order valence-electron chi connectivity index (χ1n) is 10.3. The molecule has 0 unspecified atom stereocenters. The topological polar surface area (TPSA) is 116 Å². The number of carbonyl (C=O) groups is 4. The van der Waals surface area contributed by atoms with Crippen molar-refractivity contribution in [3.63, 3.8) is 0 Å². The molecule has 3 aliphatic heterocycles. The SMILES string of the molecule is O=C(O)CC[C@H]1N[C@]2(C(=O)Nc3ccccc32)[C@@H]2C(=O)N(Cc3ccccc3Cl)C(=O)[C@@H]21. The second-order valence-electron chi connectivity index (χ2n) is 8.35. The molecule has 32 heavy (non-hydrogen) atoms. The molecule has 164 valence electrons. The number of anilines is 1. The van der Waals surface area contributed by atoms with Crippen molar-refractivity contribution >= 4 is 41.0 Å². The van der Waals surface area contributed by atoms with E-state index in [0.717, 1.165) is 4.90 Å². The van der Waals surface area contributed by atoms with E-state index in [1.54, 1.807) is 48.5 Å². The Labute approximate surface area is 188 Å². The summed E-state index contributed by atoms with van der Waals surface area (Å²) in [6.45, 7) is -0.00463. The van der Waals surface area contributed by atoms with Gasteiger partial charge in [-0.05, 0) is 24.1 Å². The quantitative estimate of drug-likeness (QED) is 0.597. The van der Waals surface area contributed by atoms with E-state index in [4.69, 9.17) is 11.6 Å². The van der Waals surface area contributed by atoms with Gasteiger partial charge in [0.05, 0.1) is 18.4 Å². The minimum atomic E-state index is -1.42. The van der Waals surface area contributed by atoms with Crippen molar-refractivity contribution in [2.24, 2.45) is 11.8 Å². The van der Waals surface area contributed by atoms with Crippen LogP contribution in [0.3, 0.4) is 0 Å². The number of para-hydroxylation sites is 1. The molecule has 2 saturated heterocycles. The van der Waals surface area contributed by atoms with Gasteiger partial charge in [0.1, 0.15) is 5.54 Å². The van der Waals surface area contributed by atoms with E-state index >= 15 is 0 Å². The lowest BCUT2D eigenvalue weighted by Gasteiger charge is -2.29. The first-order valence-corrected chi connectivity index (χ1v) is 10.7. The number of carboxylic acid groups (broad SMARTS) is 1. The summed E-state index contributed by atoms with van der Waals surface area (Å²) in [5.41, 5.74) is 0.370.